The molecule has 1 fully saturated rings. The summed E-state index contributed by atoms with van der Waals surface area (Å²) in [6.07, 6.45) is 6.30. The Balaban J connectivity index is 1.67. The summed E-state index contributed by atoms with van der Waals surface area (Å²) < 4.78 is 2.67. The number of likely N-dealkylation sites (tertiary alicyclic amines) is 1. The van der Waals surface area contributed by atoms with Crippen molar-refractivity contribution >= 4 is 28.6 Å². The molecule has 0 amide bonds. The molecular weight excluding hydrogens is 340 g/mol. The number of likely N-dealkylation sites (N-methyl/N-ethyl adjacent to an activating group) is 1. The van der Waals surface area contributed by atoms with Crippen LogP contribution < -0.4 is 5.73 Å². The largest absolute Gasteiger partial charge is 0.396 e. The molecule has 27 heavy (non-hydrogen) atoms. The highest BCUT2D eigenvalue weighted by atomic mass is 15.4. The minimum absolute atomic E-state index is 0.341. The zero-order chi connectivity index (χ0) is 19.2. The molecule has 8 heteroatoms. The number of fused-ring (bicyclic) bond motifs is 1. The average Bonchev–Trinajstić information content (AvgIpc) is 3.25. The number of nitrogens with one attached hydrogen (secondary N) is 1. The second kappa shape index (κ2) is 6.31. The smallest absolute Gasteiger partial charge is 0.178 e. The molecule has 4 heterocycles. The number of aliphatic imine (C=N–C) groups is 2. The van der Waals surface area contributed by atoms with Gasteiger partial charge in [0, 0.05) is 19.2 Å². The number of nitrogens with two attached hydrogens (primary N) is 1. The fourth-order valence-corrected chi connectivity index (χ4v) is 3.53. The summed E-state index contributed by atoms with van der Waals surface area (Å²) >= 11 is 0. The van der Waals surface area contributed by atoms with E-state index in [2.05, 4.69) is 41.1 Å². The van der Waals surface area contributed by atoms with Gasteiger partial charge in [-0.25, -0.2) is 14.5 Å². The normalized spacial score (nSPS) is 22.5. The van der Waals surface area contributed by atoms with E-state index in [1.54, 1.807) is 16.8 Å². The number of nitrogens with zero attached hydrogens (tertiary/aromatic N) is 6. The van der Waals surface area contributed by atoms with E-state index < -0.39 is 0 Å². The number of dihydropyridines is 1. The summed E-state index contributed by atoms with van der Waals surface area (Å²) in [7, 11) is 6.62. The molecule has 2 aliphatic rings. The van der Waals surface area contributed by atoms with Gasteiger partial charge in [0.15, 0.2) is 11.7 Å². The van der Waals surface area contributed by atoms with E-state index in [1.165, 1.54) is 0 Å². The highest BCUT2D eigenvalue weighted by Crippen LogP contribution is 2.23. The van der Waals surface area contributed by atoms with Crippen molar-refractivity contribution < 1.29 is 4.48 Å². The van der Waals surface area contributed by atoms with E-state index >= 15 is 0 Å². The summed E-state index contributed by atoms with van der Waals surface area (Å²) in [6, 6.07) is 6.33. The molecule has 140 valence electrons. The van der Waals surface area contributed by atoms with Gasteiger partial charge in [-0.3, -0.25) is 5.41 Å². The Labute approximate surface area is 158 Å². The lowest BCUT2D eigenvalue weighted by Crippen LogP contribution is -2.47. The molecule has 2 aromatic heterocycles. The number of rotatable bonds is 2. The van der Waals surface area contributed by atoms with Crippen LogP contribution in [0.5, 0.6) is 0 Å². The van der Waals surface area contributed by atoms with Crippen molar-refractivity contribution in [1.82, 2.24) is 14.5 Å². The van der Waals surface area contributed by atoms with Crippen LogP contribution in [0, 0.1) is 5.41 Å². The van der Waals surface area contributed by atoms with Crippen molar-refractivity contribution in [3.8, 4) is 0 Å². The highest BCUT2D eigenvalue weighted by Gasteiger charge is 2.35. The van der Waals surface area contributed by atoms with Crippen LogP contribution in [0.15, 0.2) is 52.4 Å². The Morgan fingerprint density at radius 3 is 2.85 bits per heavy atom. The Hall–Kier alpha value is -3.00. The van der Waals surface area contributed by atoms with Crippen LogP contribution in [-0.2, 0) is 0 Å². The second-order valence-corrected chi connectivity index (χ2v) is 7.95. The number of hydrogen-bond donors (Lipinski definition) is 2. The molecule has 0 aromatic carbocycles. The number of hydrogen-bond acceptors (Lipinski definition) is 5. The van der Waals surface area contributed by atoms with E-state index in [1.807, 2.05) is 24.4 Å². The Bertz CT molecular complexity index is 989. The molecule has 0 spiro atoms. The summed E-state index contributed by atoms with van der Waals surface area (Å²) in [5, 5.41) is 12.6. The van der Waals surface area contributed by atoms with E-state index in [0.29, 0.717) is 34.8 Å². The Morgan fingerprint density at radius 2 is 2.11 bits per heavy atom. The minimum Gasteiger partial charge on any atom is -0.396 e. The summed E-state index contributed by atoms with van der Waals surface area (Å²) in [4.78, 5) is 11.5. The van der Waals surface area contributed by atoms with Crippen LogP contribution in [0.25, 0.3) is 5.52 Å². The van der Waals surface area contributed by atoms with Gasteiger partial charge >= 0.3 is 0 Å². The van der Waals surface area contributed by atoms with Gasteiger partial charge in [-0.1, -0.05) is 6.07 Å². The third-order valence-corrected chi connectivity index (χ3v) is 5.20. The molecule has 3 N–H and O–H groups in total. The van der Waals surface area contributed by atoms with Gasteiger partial charge in [-0.05, 0) is 18.2 Å². The third-order valence-electron chi connectivity index (χ3n) is 5.20. The van der Waals surface area contributed by atoms with Crippen molar-refractivity contribution in [1.29, 1.82) is 5.41 Å². The molecule has 2 aliphatic heterocycles. The van der Waals surface area contributed by atoms with E-state index in [4.69, 9.17) is 11.1 Å². The van der Waals surface area contributed by atoms with Gasteiger partial charge in [0.2, 0.25) is 0 Å². The van der Waals surface area contributed by atoms with Crippen LogP contribution in [0.2, 0.25) is 0 Å². The van der Waals surface area contributed by atoms with Gasteiger partial charge < -0.3 is 15.1 Å². The van der Waals surface area contributed by atoms with Gasteiger partial charge in [-0.2, -0.15) is 5.10 Å². The molecule has 0 radical (unpaired) electrons. The summed E-state index contributed by atoms with van der Waals surface area (Å²) in [5.41, 5.74) is 8.47. The fraction of sp³-hybridized carbons (Fsp3) is 0.368. The molecule has 1 unspecified atom stereocenters. The van der Waals surface area contributed by atoms with Crippen molar-refractivity contribution in [3.05, 3.63) is 42.4 Å². The zero-order valence-corrected chi connectivity index (χ0v) is 15.9. The molecule has 1 atom stereocenters. The molecule has 0 aliphatic carbocycles. The molecule has 1 saturated heterocycles. The van der Waals surface area contributed by atoms with Crippen LogP contribution in [0.3, 0.4) is 0 Å². The predicted molar refractivity (Wildman–Crippen MR) is 108 cm³/mol. The Kier molecular flexibility index (Phi) is 4.07. The zero-order valence-electron chi connectivity index (χ0n) is 15.9. The maximum Gasteiger partial charge on any atom is 0.178 e. The van der Waals surface area contributed by atoms with Gasteiger partial charge in [-0.15, -0.1) is 0 Å². The molecule has 2 aromatic rings. The van der Waals surface area contributed by atoms with Crippen LogP contribution >= 0.6 is 0 Å². The van der Waals surface area contributed by atoms with Crippen molar-refractivity contribution in [3.63, 3.8) is 0 Å². The molecule has 0 bridgehead atoms. The van der Waals surface area contributed by atoms with Gasteiger partial charge in [0.25, 0.3) is 0 Å². The average molecular weight is 365 g/mol. The van der Waals surface area contributed by atoms with E-state index in [9.17, 15) is 0 Å². The minimum atomic E-state index is 0.341. The van der Waals surface area contributed by atoms with Gasteiger partial charge in [0.05, 0.1) is 50.8 Å². The Morgan fingerprint density at radius 1 is 1.30 bits per heavy atom. The lowest BCUT2D eigenvalue weighted by atomic mass is 10.2. The van der Waals surface area contributed by atoms with Gasteiger partial charge in [0.1, 0.15) is 11.7 Å². The maximum atomic E-state index is 8.33. The first-order valence-corrected chi connectivity index (χ1v) is 9.05. The van der Waals surface area contributed by atoms with Crippen LogP contribution in [-0.4, -0.2) is 76.7 Å². The highest BCUT2D eigenvalue weighted by molar-refractivity contribution is 6.48. The van der Waals surface area contributed by atoms with E-state index in [0.717, 1.165) is 29.5 Å². The third kappa shape index (κ3) is 3.23. The quantitative estimate of drug-likeness (QED) is 0.788. The number of aromatic nitrogens is 2. The summed E-state index contributed by atoms with van der Waals surface area (Å²) in [5.74, 6) is 1.09. The van der Waals surface area contributed by atoms with E-state index in [-0.39, 0.29) is 0 Å². The lowest BCUT2D eigenvalue weighted by Gasteiger charge is -2.31. The SMILES string of the molecule is C[N+](C)(C)C1CCN(C2=N/C(=N\c3cnn4ccccc34)C(N)=CC2=N)C1. The van der Waals surface area contributed by atoms with Crippen LogP contribution in [0.4, 0.5) is 5.69 Å². The second-order valence-electron chi connectivity index (χ2n) is 7.95. The molecule has 8 nitrogen and oxygen atoms in total. The molecule has 0 saturated carbocycles. The first-order valence-electron chi connectivity index (χ1n) is 9.05. The number of amidine groups is 2. The molecule has 4 rings (SSSR count). The first kappa shape index (κ1) is 17.4. The first-order chi connectivity index (χ1) is 12.8. The topological polar surface area (TPSA) is 95.1 Å². The summed E-state index contributed by atoms with van der Waals surface area (Å²) in [6.45, 7) is 1.77. The molecular formula is C19H25N8+. The van der Waals surface area contributed by atoms with Crippen LogP contribution in [0.1, 0.15) is 6.42 Å². The fourth-order valence-electron chi connectivity index (χ4n) is 3.53. The van der Waals surface area contributed by atoms with Crippen molar-refractivity contribution in [2.24, 2.45) is 15.7 Å². The predicted octanol–water partition coefficient (Wildman–Crippen LogP) is 1.42. The lowest BCUT2D eigenvalue weighted by molar-refractivity contribution is -0.893. The monoisotopic (exact) mass is 365 g/mol. The van der Waals surface area contributed by atoms with Crippen molar-refractivity contribution in [2.75, 3.05) is 34.2 Å². The van der Waals surface area contributed by atoms with Crippen molar-refractivity contribution in [2.45, 2.75) is 12.5 Å². The standard InChI is InChI=1S/C19H25N8/c1-27(2,3)13-7-9-25(12-13)19-15(21)10-14(20)18(24-19)23-16-11-22-26-8-5-4-6-17(16)26/h4-6,8,10-11,13,21H,7,9,12,20H2,1-3H3/q+1/b21-15?,23-18-. The maximum absolute atomic E-state index is 8.33. The number of pyridine rings is 1. The number of quaternary nitrogens is 1.